The summed E-state index contributed by atoms with van der Waals surface area (Å²) in [5.41, 5.74) is 4.70. The van der Waals surface area contributed by atoms with E-state index >= 15 is 0 Å². The number of carbonyl (C=O) groups excluding carboxylic acids is 1. The minimum atomic E-state index is 0.0622. The second-order valence-electron chi connectivity index (χ2n) is 6.39. The van der Waals surface area contributed by atoms with Crippen molar-refractivity contribution < 1.29 is 4.79 Å². The Morgan fingerprint density at radius 3 is 2.83 bits per heavy atom. The number of carbonyl (C=O) groups is 1. The van der Waals surface area contributed by atoms with Crippen LogP contribution in [0.25, 0.3) is 10.6 Å². The summed E-state index contributed by atoms with van der Waals surface area (Å²) in [5.74, 6) is 0.0622. The van der Waals surface area contributed by atoms with Crippen molar-refractivity contribution in [3.8, 4) is 10.6 Å². The molecule has 3 nitrogen and oxygen atoms in total. The van der Waals surface area contributed by atoms with E-state index in [1.165, 1.54) is 36.8 Å². The van der Waals surface area contributed by atoms with Crippen LogP contribution < -0.4 is 5.32 Å². The number of rotatable bonds is 6. The van der Waals surface area contributed by atoms with Gasteiger partial charge in [0.25, 0.3) is 0 Å². The van der Waals surface area contributed by atoms with Crippen molar-refractivity contribution >= 4 is 17.2 Å². The first kappa shape index (κ1) is 16.9. The SMILES string of the molecule is Cc1ccc(-c2nc(CC(=O)NCCC3=CCCCC3)cs2)cc1. The van der Waals surface area contributed by atoms with Crippen LogP contribution in [0.3, 0.4) is 0 Å². The van der Waals surface area contributed by atoms with Gasteiger partial charge in [-0.15, -0.1) is 11.3 Å². The molecule has 0 bridgehead atoms. The highest BCUT2D eigenvalue weighted by Gasteiger charge is 2.09. The Morgan fingerprint density at radius 1 is 1.25 bits per heavy atom. The minimum Gasteiger partial charge on any atom is -0.355 e. The molecule has 0 atom stereocenters. The Bertz CT molecular complexity index is 715. The fourth-order valence-corrected chi connectivity index (χ4v) is 3.76. The summed E-state index contributed by atoms with van der Waals surface area (Å²) in [6.45, 7) is 2.81. The average Bonchev–Trinajstić information content (AvgIpc) is 3.05. The van der Waals surface area contributed by atoms with Crippen LogP contribution in [0, 0.1) is 6.92 Å². The van der Waals surface area contributed by atoms with Crippen LogP contribution in [-0.4, -0.2) is 17.4 Å². The van der Waals surface area contributed by atoms with Gasteiger partial charge in [0.1, 0.15) is 5.01 Å². The second-order valence-corrected chi connectivity index (χ2v) is 7.25. The number of aryl methyl sites for hydroxylation is 1. The molecule has 0 saturated heterocycles. The third-order valence-electron chi connectivity index (χ3n) is 4.35. The zero-order valence-electron chi connectivity index (χ0n) is 14.2. The molecular formula is C20H24N2OS. The maximum atomic E-state index is 12.1. The van der Waals surface area contributed by atoms with Gasteiger partial charge in [-0.2, -0.15) is 0 Å². The third kappa shape index (κ3) is 4.78. The first-order valence-electron chi connectivity index (χ1n) is 8.67. The maximum absolute atomic E-state index is 12.1. The fourth-order valence-electron chi connectivity index (χ4n) is 2.94. The number of hydrogen-bond acceptors (Lipinski definition) is 3. The van der Waals surface area contributed by atoms with Crippen molar-refractivity contribution in [2.45, 2.75) is 45.4 Å². The van der Waals surface area contributed by atoms with Gasteiger partial charge < -0.3 is 5.32 Å². The molecule has 0 fully saturated rings. The van der Waals surface area contributed by atoms with Gasteiger partial charge in [0.15, 0.2) is 0 Å². The van der Waals surface area contributed by atoms with Crippen molar-refractivity contribution in [1.82, 2.24) is 10.3 Å². The number of benzene rings is 1. The number of thiazole rings is 1. The van der Waals surface area contributed by atoms with E-state index in [1.807, 2.05) is 5.38 Å². The summed E-state index contributed by atoms with van der Waals surface area (Å²) in [4.78, 5) is 16.7. The van der Waals surface area contributed by atoms with E-state index in [1.54, 1.807) is 11.3 Å². The van der Waals surface area contributed by atoms with E-state index < -0.39 is 0 Å². The lowest BCUT2D eigenvalue weighted by Gasteiger charge is -2.12. The molecule has 1 N–H and O–H groups in total. The number of aromatic nitrogens is 1. The molecule has 1 aromatic carbocycles. The summed E-state index contributed by atoms with van der Waals surface area (Å²) in [6.07, 6.45) is 8.68. The van der Waals surface area contributed by atoms with E-state index in [0.29, 0.717) is 6.42 Å². The van der Waals surface area contributed by atoms with Gasteiger partial charge in [0, 0.05) is 17.5 Å². The van der Waals surface area contributed by atoms with Crippen molar-refractivity contribution in [3.63, 3.8) is 0 Å². The molecule has 1 heterocycles. The van der Waals surface area contributed by atoms with E-state index in [0.717, 1.165) is 29.2 Å². The normalized spacial score (nSPS) is 14.3. The lowest BCUT2D eigenvalue weighted by atomic mass is 9.97. The number of allylic oxidation sites excluding steroid dienone is 1. The van der Waals surface area contributed by atoms with Crippen LogP contribution in [0.4, 0.5) is 0 Å². The first-order chi connectivity index (χ1) is 11.7. The van der Waals surface area contributed by atoms with Crippen molar-refractivity contribution in [1.29, 1.82) is 0 Å². The van der Waals surface area contributed by atoms with Crippen LogP contribution in [0.1, 0.15) is 43.4 Å². The first-order valence-corrected chi connectivity index (χ1v) is 9.55. The highest BCUT2D eigenvalue weighted by Crippen LogP contribution is 2.24. The van der Waals surface area contributed by atoms with Crippen LogP contribution in [0.2, 0.25) is 0 Å². The average molecular weight is 340 g/mol. The van der Waals surface area contributed by atoms with Crippen LogP contribution in [0.15, 0.2) is 41.3 Å². The molecule has 0 spiro atoms. The van der Waals surface area contributed by atoms with Crippen LogP contribution >= 0.6 is 11.3 Å². The second kappa shape index (κ2) is 8.25. The van der Waals surface area contributed by atoms with Crippen LogP contribution in [-0.2, 0) is 11.2 Å². The Morgan fingerprint density at radius 2 is 2.08 bits per heavy atom. The van der Waals surface area contributed by atoms with Crippen molar-refractivity contribution in [2.24, 2.45) is 0 Å². The lowest BCUT2D eigenvalue weighted by molar-refractivity contribution is -0.120. The molecule has 0 radical (unpaired) electrons. The summed E-state index contributed by atoms with van der Waals surface area (Å²) in [7, 11) is 0. The van der Waals surface area contributed by atoms with Crippen molar-refractivity contribution in [3.05, 3.63) is 52.6 Å². The summed E-state index contributed by atoms with van der Waals surface area (Å²) >= 11 is 1.60. The molecule has 1 amide bonds. The van der Waals surface area contributed by atoms with E-state index in [4.69, 9.17) is 0 Å². The van der Waals surface area contributed by atoms with E-state index in [2.05, 4.69) is 47.6 Å². The largest absolute Gasteiger partial charge is 0.355 e. The third-order valence-corrected chi connectivity index (χ3v) is 5.29. The van der Waals surface area contributed by atoms with E-state index in [-0.39, 0.29) is 5.91 Å². The van der Waals surface area contributed by atoms with E-state index in [9.17, 15) is 4.79 Å². The topological polar surface area (TPSA) is 42.0 Å². The molecular weight excluding hydrogens is 316 g/mol. The highest BCUT2D eigenvalue weighted by molar-refractivity contribution is 7.13. The molecule has 3 rings (SSSR count). The van der Waals surface area contributed by atoms with Gasteiger partial charge in [-0.3, -0.25) is 4.79 Å². The molecule has 126 valence electrons. The quantitative estimate of drug-likeness (QED) is 0.777. The Balaban J connectivity index is 1.48. The molecule has 1 aromatic heterocycles. The molecule has 1 aliphatic carbocycles. The summed E-state index contributed by atoms with van der Waals surface area (Å²) < 4.78 is 0. The monoisotopic (exact) mass is 340 g/mol. The van der Waals surface area contributed by atoms with Gasteiger partial charge in [-0.25, -0.2) is 4.98 Å². The molecule has 2 aromatic rings. The van der Waals surface area contributed by atoms with Gasteiger partial charge in [0.05, 0.1) is 12.1 Å². The predicted octanol–water partition coefficient (Wildman–Crippen LogP) is 4.67. The number of amides is 1. The number of nitrogens with one attached hydrogen (secondary N) is 1. The number of hydrogen-bond donors (Lipinski definition) is 1. The van der Waals surface area contributed by atoms with Gasteiger partial charge in [-0.05, 0) is 39.0 Å². The zero-order chi connectivity index (χ0) is 16.8. The Kier molecular flexibility index (Phi) is 5.81. The van der Waals surface area contributed by atoms with Crippen molar-refractivity contribution in [2.75, 3.05) is 6.54 Å². The maximum Gasteiger partial charge on any atom is 0.226 e. The summed E-state index contributed by atoms with van der Waals surface area (Å²) in [5, 5.41) is 5.98. The Labute approximate surface area is 147 Å². The molecule has 4 heteroatoms. The molecule has 0 unspecified atom stereocenters. The fraction of sp³-hybridized carbons (Fsp3) is 0.400. The highest BCUT2D eigenvalue weighted by atomic mass is 32.1. The molecule has 1 aliphatic rings. The minimum absolute atomic E-state index is 0.0622. The standard InChI is InChI=1S/C20H24N2OS/c1-15-7-9-17(10-8-15)20-22-18(14-24-20)13-19(23)21-12-11-16-5-3-2-4-6-16/h5,7-10,14H,2-4,6,11-13H2,1H3,(H,21,23). The molecule has 0 saturated carbocycles. The summed E-state index contributed by atoms with van der Waals surface area (Å²) in [6, 6.07) is 8.33. The zero-order valence-corrected chi connectivity index (χ0v) is 15.0. The predicted molar refractivity (Wildman–Crippen MR) is 100 cm³/mol. The molecule has 0 aliphatic heterocycles. The molecule has 24 heavy (non-hydrogen) atoms. The number of nitrogens with zero attached hydrogens (tertiary/aromatic N) is 1. The van der Waals surface area contributed by atoms with Gasteiger partial charge in [0.2, 0.25) is 5.91 Å². The van der Waals surface area contributed by atoms with Gasteiger partial charge in [-0.1, -0.05) is 41.5 Å². The van der Waals surface area contributed by atoms with Gasteiger partial charge >= 0.3 is 0 Å². The Hall–Kier alpha value is -1.94. The smallest absolute Gasteiger partial charge is 0.226 e. The van der Waals surface area contributed by atoms with Crippen LogP contribution in [0.5, 0.6) is 0 Å². The lowest BCUT2D eigenvalue weighted by Crippen LogP contribution is -2.26.